The number of amides is 1. The molecule has 0 aliphatic heterocycles. The number of methoxy groups -OCH3 is 1. The Balaban J connectivity index is 4.38. The lowest BCUT2D eigenvalue weighted by molar-refractivity contribution is -0.147. The number of esters is 1. The quantitative estimate of drug-likeness (QED) is 0.671. The Labute approximate surface area is 103 Å². The molecule has 0 rings (SSSR count). The summed E-state index contributed by atoms with van der Waals surface area (Å²) in [7, 11) is 1.32. The Kier molecular flexibility index (Phi) is 7.54. The van der Waals surface area contributed by atoms with Crippen molar-refractivity contribution >= 4 is 11.9 Å². The smallest absolute Gasteiger partial charge is 0.325 e. The van der Waals surface area contributed by atoms with E-state index in [9.17, 15) is 9.59 Å². The van der Waals surface area contributed by atoms with Gasteiger partial charge in [0.05, 0.1) is 7.11 Å². The van der Waals surface area contributed by atoms with Crippen LogP contribution in [0.3, 0.4) is 0 Å². The SMILES string of the molecule is CCCN(CC(=O)OC)C(=O)CC(N)C(C)C. The third-order valence-electron chi connectivity index (χ3n) is 2.66. The van der Waals surface area contributed by atoms with Gasteiger partial charge in [0.25, 0.3) is 0 Å². The maximum atomic E-state index is 11.9. The second kappa shape index (κ2) is 8.06. The van der Waals surface area contributed by atoms with Crippen LogP contribution >= 0.6 is 0 Å². The number of carbonyl (C=O) groups is 2. The summed E-state index contributed by atoms with van der Waals surface area (Å²) in [5.74, 6) is -0.232. The minimum Gasteiger partial charge on any atom is -0.468 e. The van der Waals surface area contributed by atoms with Crippen LogP contribution in [0.2, 0.25) is 0 Å². The van der Waals surface area contributed by atoms with Crippen LogP contribution in [0.25, 0.3) is 0 Å². The molecule has 0 aromatic rings. The molecule has 0 aliphatic rings. The van der Waals surface area contributed by atoms with Crippen molar-refractivity contribution in [2.24, 2.45) is 11.7 Å². The summed E-state index contributed by atoms with van der Waals surface area (Å²) < 4.78 is 4.57. The Bertz CT molecular complexity index is 254. The van der Waals surface area contributed by atoms with Crippen molar-refractivity contribution < 1.29 is 14.3 Å². The highest BCUT2D eigenvalue weighted by molar-refractivity contribution is 5.82. The fourth-order valence-corrected chi connectivity index (χ4v) is 1.35. The first-order valence-corrected chi connectivity index (χ1v) is 6.02. The van der Waals surface area contributed by atoms with E-state index in [1.807, 2.05) is 20.8 Å². The minimum absolute atomic E-state index is 0.00793. The Morgan fingerprint density at radius 1 is 1.35 bits per heavy atom. The second-order valence-corrected chi connectivity index (χ2v) is 4.50. The van der Waals surface area contributed by atoms with E-state index in [0.29, 0.717) is 6.54 Å². The van der Waals surface area contributed by atoms with Crippen LogP contribution in [0.1, 0.15) is 33.6 Å². The molecule has 0 saturated carbocycles. The topological polar surface area (TPSA) is 72.6 Å². The number of carbonyl (C=O) groups excluding carboxylic acids is 2. The van der Waals surface area contributed by atoms with Gasteiger partial charge in [0.2, 0.25) is 5.91 Å². The van der Waals surface area contributed by atoms with Crippen LogP contribution in [0, 0.1) is 5.92 Å². The van der Waals surface area contributed by atoms with Gasteiger partial charge in [-0.2, -0.15) is 0 Å². The predicted octanol–water partition coefficient (Wildman–Crippen LogP) is 0.771. The summed E-state index contributed by atoms with van der Waals surface area (Å²) >= 11 is 0. The van der Waals surface area contributed by atoms with Crippen LogP contribution in [0.4, 0.5) is 0 Å². The maximum Gasteiger partial charge on any atom is 0.325 e. The molecule has 17 heavy (non-hydrogen) atoms. The molecule has 0 heterocycles. The molecule has 0 bridgehead atoms. The number of nitrogens with zero attached hydrogens (tertiary/aromatic N) is 1. The summed E-state index contributed by atoms with van der Waals surface area (Å²) in [5, 5.41) is 0. The zero-order valence-corrected chi connectivity index (χ0v) is 11.2. The Morgan fingerprint density at radius 2 is 1.94 bits per heavy atom. The van der Waals surface area contributed by atoms with Crippen molar-refractivity contribution in [1.29, 1.82) is 0 Å². The highest BCUT2D eigenvalue weighted by atomic mass is 16.5. The molecule has 1 amide bonds. The van der Waals surface area contributed by atoms with Crippen LogP contribution in [-0.4, -0.2) is 43.0 Å². The van der Waals surface area contributed by atoms with Gasteiger partial charge in [-0.25, -0.2) is 0 Å². The van der Waals surface area contributed by atoms with E-state index in [-0.39, 0.29) is 30.8 Å². The van der Waals surface area contributed by atoms with Gasteiger partial charge in [-0.15, -0.1) is 0 Å². The van der Waals surface area contributed by atoms with Gasteiger partial charge in [0.15, 0.2) is 0 Å². The second-order valence-electron chi connectivity index (χ2n) is 4.50. The molecule has 0 aromatic heterocycles. The van der Waals surface area contributed by atoms with Crippen LogP contribution < -0.4 is 5.73 Å². The molecule has 1 atom stereocenters. The van der Waals surface area contributed by atoms with E-state index in [1.54, 1.807) is 0 Å². The first kappa shape index (κ1) is 15.9. The molecule has 0 aromatic carbocycles. The third kappa shape index (κ3) is 6.26. The lowest BCUT2D eigenvalue weighted by atomic mass is 10.0. The summed E-state index contributed by atoms with van der Waals surface area (Å²) in [5.41, 5.74) is 5.85. The van der Waals surface area contributed by atoms with Crippen LogP contribution in [-0.2, 0) is 14.3 Å². The molecule has 0 fully saturated rings. The molecule has 0 aliphatic carbocycles. The summed E-state index contributed by atoms with van der Waals surface area (Å²) in [6.07, 6.45) is 1.08. The number of hydrogen-bond donors (Lipinski definition) is 1. The predicted molar refractivity (Wildman–Crippen MR) is 66.3 cm³/mol. The average molecular weight is 244 g/mol. The van der Waals surface area contributed by atoms with Gasteiger partial charge < -0.3 is 15.4 Å². The number of hydrogen-bond acceptors (Lipinski definition) is 4. The summed E-state index contributed by atoms with van der Waals surface area (Å²) in [6, 6.07) is -0.167. The molecule has 5 heteroatoms. The van der Waals surface area contributed by atoms with Crippen molar-refractivity contribution in [1.82, 2.24) is 4.90 Å². The highest BCUT2D eigenvalue weighted by Gasteiger charge is 2.20. The monoisotopic (exact) mass is 244 g/mol. The van der Waals surface area contributed by atoms with E-state index in [4.69, 9.17) is 5.73 Å². The zero-order valence-electron chi connectivity index (χ0n) is 11.2. The van der Waals surface area contributed by atoms with Crippen LogP contribution in [0.5, 0.6) is 0 Å². The summed E-state index contributed by atoms with van der Waals surface area (Å²) in [6.45, 7) is 6.47. The van der Waals surface area contributed by atoms with Crippen molar-refractivity contribution in [3.8, 4) is 0 Å². The number of nitrogens with two attached hydrogens (primary N) is 1. The molecule has 2 N–H and O–H groups in total. The zero-order chi connectivity index (χ0) is 13.4. The van der Waals surface area contributed by atoms with Gasteiger partial charge >= 0.3 is 5.97 Å². The lowest BCUT2D eigenvalue weighted by Gasteiger charge is -2.23. The lowest BCUT2D eigenvalue weighted by Crippen LogP contribution is -2.41. The van der Waals surface area contributed by atoms with Crippen molar-refractivity contribution in [2.45, 2.75) is 39.7 Å². The van der Waals surface area contributed by atoms with Gasteiger partial charge in [0, 0.05) is 19.0 Å². The molecule has 0 spiro atoms. The Morgan fingerprint density at radius 3 is 2.35 bits per heavy atom. The maximum absolute atomic E-state index is 11.9. The molecule has 1 unspecified atom stereocenters. The fourth-order valence-electron chi connectivity index (χ4n) is 1.35. The molecule has 5 nitrogen and oxygen atoms in total. The van der Waals surface area contributed by atoms with Crippen molar-refractivity contribution in [3.63, 3.8) is 0 Å². The van der Waals surface area contributed by atoms with Gasteiger partial charge in [-0.3, -0.25) is 9.59 Å². The number of rotatable bonds is 7. The Hall–Kier alpha value is -1.10. The van der Waals surface area contributed by atoms with Gasteiger partial charge in [0.1, 0.15) is 6.54 Å². The molecular formula is C12H24N2O3. The average Bonchev–Trinajstić information content (AvgIpc) is 2.27. The summed E-state index contributed by atoms with van der Waals surface area (Å²) in [4.78, 5) is 24.6. The van der Waals surface area contributed by atoms with E-state index in [0.717, 1.165) is 6.42 Å². The fraction of sp³-hybridized carbons (Fsp3) is 0.833. The van der Waals surface area contributed by atoms with E-state index >= 15 is 0 Å². The van der Waals surface area contributed by atoms with Crippen molar-refractivity contribution in [3.05, 3.63) is 0 Å². The normalized spacial score (nSPS) is 12.4. The minimum atomic E-state index is -0.398. The highest BCUT2D eigenvalue weighted by Crippen LogP contribution is 2.06. The van der Waals surface area contributed by atoms with Crippen LogP contribution in [0.15, 0.2) is 0 Å². The molecular weight excluding hydrogens is 220 g/mol. The third-order valence-corrected chi connectivity index (χ3v) is 2.66. The standard InChI is InChI=1S/C12H24N2O3/c1-5-6-14(8-12(16)17-4)11(15)7-10(13)9(2)3/h9-10H,5-8,13H2,1-4H3. The van der Waals surface area contributed by atoms with Crippen molar-refractivity contribution in [2.75, 3.05) is 20.2 Å². The van der Waals surface area contributed by atoms with Gasteiger partial charge in [-0.1, -0.05) is 20.8 Å². The largest absolute Gasteiger partial charge is 0.468 e. The first-order valence-electron chi connectivity index (χ1n) is 6.02. The first-order chi connectivity index (χ1) is 7.92. The van der Waals surface area contributed by atoms with E-state index < -0.39 is 5.97 Å². The van der Waals surface area contributed by atoms with Gasteiger partial charge in [-0.05, 0) is 12.3 Å². The molecule has 0 radical (unpaired) electrons. The van der Waals surface area contributed by atoms with E-state index in [2.05, 4.69) is 4.74 Å². The molecule has 0 saturated heterocycles. The van der Waals surface area contributed by atoms with E-state index in [1.165, 1.54) is 12.0 Å². The number of ether oxygens (including phenoxy) is 1. The molecule has 100 valence electrons.